The number of aryl methyl sites for hydroxylation is 1. The molecule has 19 heavy (non-hydrogen) atoms. The third-order valence-corrected chi connectivity index (χ3v) is 3.78. The zero-order valence-electron chi connectivity index (χ0n) is 12.1. The number of carbonyl (C=O) groups excluding carboxylic acids is 1. The van der Waals surface area contributed by atoms with E-state index in [0.29, 0.717) is 12.5 Å². The van der Waals surface area contributed by atoms with Crippen molar-refractivity contribution in [1.82, 2.24) is 14.9 Å². The van der Waals surface area contributed by atoms with Gasteiger partial charge >= 0.3 is 5.97 Å². The molecule has 1 aromatic heterocycles. The number of carbonyl (C=O) groups is 1. The first kappa shape index (κ1) is 14.1. The summed E-state index contributed by atoms with van der Waals surface area (Å²) in [4.78, 5) is 16.3. The molecule has 5 heteroatoms. The molecule has 0 spiro atoms. The quantitative estimate of drug-likeness (QED) is 0.797. The van der Waals surface area contributed by atoms with E-state index in [9.17, 15) is 4.79 Å². The zero-order chi connectivity index (χ0) is 14.0. The first-order valence-corrected chi connectivity index (χ1v) is 6.82. The molecule has 2 rings (SSSR count). The van der Waals surface area contributed by atoms with Gasteiger partial charge in [0.25, 0.3) is 0 Å². The lowest BCUT2D eigenvalue weighted by Gasteiger charge is -2.31. The van der Waals surface area contributed by atoms with E-state index in [-0.39, 0.29) is 12.0 Å². The predicted molar refractivity (Wildman–Crippen MR) is 72.9 cm³/mol. The molecule has 1 heterocycles. The maximum absolute atomic E-state index is 12.1. The van der Waals surface area contributed by atoms with Crippen molar-refractivity contribution in [2.24, 2.45) is 0 Å². The van der Waals surface area contributed by atoms with Gasteiger partial charge in [0, 0.05) is 24.5 Å². The van der Waals surface area contributed by atoms with Crippen LogP contribution in [-0.4, -0.2) is 34.2 Å². The third kappa shape index (κ3) is 3.15. The van der Waals surface area contributed by atoms with Crippen molar-refractivity contribution in [2.45, 2.75) is 57.7 Å². The predicted octanol–water partition coefficient (Wildman–Crippen LogP) is 1.83. The number of hydrogen-bond acceptors (Lipinski definition) is 4. The van der Waals surface area contributed by atoms with Crippen molar-refractivity contribution in [3.63, 3.8) is 0 Å². The second-order valence-electron chi connectivity index (χ2n) is 5.68. The molecule has 5 nitrogen and oxygen atoms in total. The van der Waals surface area contributed by atoms with E-state index in [0.717, 1.165) is 18.7 Å². The van der Waals surface area contributed by atoms with Crippen LogP contribution in [0.25, 0.3) is 0 Å². The van der Waals surface area contributed by atoms with Crippen LogP contribution in [-0.2, 0) is 9.53 Å². The van der Waals surface area contributed by atoms with Crippen molar-refractivity contribution in [2.75, 3.05) is 7.11 Å². The Labute approximate surface area is 114 Å². The van der Waals surface area contributed by atoms with E-state index >= 15 is 0 Å². The fourth-order valence-corrected chi connectivity index (χ4v) is 2.65. The number of imidazole rings is 1. The Hall–Kier alpha value is -1.36. The van der Waals surface area contributed by atoms with Crippen LogP contribution in [0.5, 0.6) is 0 Å². The molecule has 1 fully saturated rings. The highest BCUT2D eigenvalue weighted by molar-refractivity contribution is 5.80. The second kappa shape index (κ2) is 5.33. The van der Waals surface area contributed by atoms with Crippen LogP contribution in [0.4, 0.5) is 0 Å². The molecule has 0 amide bonds. The molecule has 1 aromatic rings. The summed E-state index contributed by atoms with van der Waals surface area (Å²) in [5.74, 6) is 0.773. The number of nitrogens with zero attached hydrogens (tertiary/aromatic N) is 2. The van der Waals surface area contributed by atoms with Crippen LogP contribution < -0.4 is 5.32 Å². The average Bonchev–Trinajstić information content (AvgIpc) is 3.06. The summed E-state index contributed by atoms with van der Waals surface area (Å²) in [5.41, 5.74) is -0.633. The minimum atomic E-state index is -0.633. The van der Waals surface area contributed by atoms with Gasteiger partial charge in [-0.3, -0.25) is 10.1 Å². The van der Waals surface area contributed by atoms with Gasteiger partial charge in [-0.25, -0.2) is 4.98 Å². The monoisotopic (exact) mass is 265 g/mol. The lowest BCUT2D eigenvalue weighted by Crippen LogP contribution is -2.52. The molecule has 106 valence electrons. The van der Waals surface area contributed by atoms with E-state index in [1.165, 1.54) is 7.11 Å². The van der Waals surface area contributed by atoms with Crippen LogP contribution in [0.15, 0.2) is 12.4 Å². The Balaban J connectivity index is 2.10. The van der Waals surface area contributed by atoms with Gasteiger partial charge in [-0.15, -0.1) is 0 Å². The summed E-state index contributed by atoms with van der Waals surface area (Å²) in [6.07, 6.45) is 6.72. The van der Waals surface area contributed by atoms with Crippen molar-refractivity contribution in [3.8, 4) is 0 Å². The summed E-state index contributed by atoms with van der Waals surface area (Å²) in [6, 6.07) is 0.651. The summed E-state index contributed by atoms with van der Waals surface area (Å²) in [7, 11) is 1.45. The van der Waals surface area contributed by atoms with Gasteiger partial charge in [-0.1, -0.05) is 0 Å². The highest BCUT2D eigenvalue weighted by Gasteiger charge is 2.40. The maximum atomic E-state index is 12.1. The topological polar surface area (TPSA) is 56.2 Å². The second-order valence-corrected chi connectivity index (χ2v) is 5.68. The number of rotatable bonds is 6. The highest BCUT2D eigenvalue weighted by atomic mass is 16.5. The van der Waals surface area contributed by atoms with Crippen molar-refractivity contribution < 1.29 is 9.53 Å². The number of ether oxygens (including phenoxy) is 1. The number of aromatic nitrogens is 2. The van der Waals surface area contributed by atoms with Gasteiger partial charge in [-0.05, 0) is 40.0 Å². The Bertz CT molecular complexity index is 453. The normalized spacial score (nSPS) is 19.8. The first-order chi connectivity index (χ1) is 8.96. The molecule has 0 aromatic carbocycles. The molecular weight excluding hydrogens is 242 g/mol. The van der Waals surface area contributed by atoms with Gasteiger partial charge < -0.3 is 9.30 Å². The molecular formula is C14H23N3O2. The summed E-state index contributed by atoms with van der Waals surface area (Å²) in [6.45, 7) is 6.00. The number of esters is 1. The minimum Gasteiger partial charge on any atom is -0.468 e. The largest absolute Gasteiger partial charge is 0.468 e. The standard InChI is InChI=1S/C14H23N3O2/c1-10(17-8-7-15-11(17)2)9-14(3,13(18)19-4)16-12-5-6-12/h7-8,10,12,16H,5-6,9H2,1-4H3. The van der Waals surface area contributed by atoms with E-state index in [1.54, 1.807) is 6.20 Å². The Morgan fingerprint density at radius 2 is 2.37 bits per heavy atom. The van der Waals surface area contributed by atoms with Crippen molar-refractivity contribution >= 4 is 5.97 Å². The minimum absolute atomic E-state index is 0.191. The Morgan fingerprint density at radius 1 is 1.68 bits per heavy atom. The fourth-order valence-electron chi connectivity index (χ4n) is 2.65. The smallest absolute Gasteiger partial charge is 0.325 e. The first-order valence-electron chi connectivity index (χ1n) is 6.82. The van der Waals surface area contributed by atoms with Crippen LogP contribution in [0, 0.1) is 6.92 Å². The summed E-state index contributed by atoms with van der Waals surface area (Å²) >= 11 is 0. The van der Waals surface area contributed by atoms with Crippen molar-refractivity contribution in [3.05, 3.63) is 18.2 Å². The molecule has 2 unspecified atom stereocenters. The van der Waals surface area contributed by atoms with Gasteiger partial charge in [0.2, 0.25) is 0 Å². The van der Waals surface area contributed by atoms with E-state index < -0.39 is 5.54 Å². The number of methoxy groups -OCH3 is 1. The molecule has 2 atom stereocenters. The molecule has 0 aliphatic heterocycles. The Morgan fingerprint density at radius 3 is 2.84 bits per heavy atom. The SMILES string of the molecule is COC(=O)C(C)(CC(C)n1ccnc1C)NC1CC1. The molecule has 0 radical (unpaired) electrons. The molecule has 0 bridgehead atoms. The lowest BCUT2D eigenvalue weighted by atomic mass is 9.93. The number of hydrogen-bond donors (Lipinski definition) is 1. The van der Waals surface area contributed by atoms with Crippen LogP contribution in [0.3, 0.4) is 0 Å². The lowest BCUT2D eigenvalue weighted by molar-refractivity contribution is -0.148. The maximum Gasteiger partial charge on any atom is 0.325 e. The fraction of sp³-hybridized carbons (Fsp3) is 0.714. The highest BCUT2D eigenvalue weighted by Crippen LogP contribution is 2.28. The van der Waals surface area contributed by atoms with E-state index in [1.807, 2.05) is 20.0 Å². The summed E-state index contributed by atoms with van der Waals surface area (Å²) in [5, 5.41) is 3.42. The molecule has 1 aliphatic rings. The van der Waals surface area contributed by atoms with Gasteiger partial charge in [-0.2, -0.15) is 0 Å². The molecule has 0 saturated heterocycles. The van der Waals surface area contributed by atoms with E-state index in [4.69, 9.17) is 4.74 Å². The van der Waals surface area contributed by atoms with E-state index in [2.05, 4.69) is 21.8 Å². The number of nitrogens with one attached hydrogen (secondary N) is 1. The molecule has 1 aliphatic carbocycles. The molecule has 1 saturated carbocycles. The van der Waals surface area contributed by atoms with Crippen LogP contribution in [0.1, 0.15) is 45.0 Å². The van der Waals surface area contributed by atoms with Gasteiger partial charge in [0.05, 0.1) is 7.11 Å². The summed E-state index contributed by atoms with van der Waals surface area (Å²) < 4.78 is 7.06. The van der Waals surface area contributed by atoms with Gasteiger partial charge in [0.1, 0.15) is 11.4 Å². The Kier molecular flexibility index (Phi) is 3.94. The third-order valence-electron chi connectivity index (χ3n) is 3.78. The zero-order valence-corrected chi connectivity index (χ0v) is 12.1. The van der Waals surface area contributed by atoms with Gasteiger partial charge in [0.15, 0.2) is 0 Å². The van der Waals surface area contributed by atoms with Crippen molar-refractivity contribution in [1.29, 1.82) is 0 Å². The van der Waals surface area contributed by atoms with Crippen LogP contribution in [0.2, 0.25) is 0 Å². The van der Waals surface area contributed by atoms with Crippen LogP contribution >= 0.6 is 0 Å². The molecule has 1 N–H and O–H groups in total. The average molecular weight is 265 g/mol.